The van der Waals surface area contributed by atoms with Gasteiger partial charge in [-0.25, -0.2) is 4.79 Å². The highest BCUT2D eigenvalue weighted by Gasteiger charge is 2.42. The highest BCUT2D eigenvalue weighted by Crippen LogP contribution is 2.37. The van der Waals surface area contributed by atoms with E-state index in [0.29, 0.717) is 21.3 Å². The van der Waals surface area contributed by atoms with E-state index in [9.17, 15) is 9.59 Å². The predicted octanol–water partition coefficient (Wildman–Crippen LogP) is 3.79. The van der Waals surface area contributed by atoms with E-state index in [1.54, 1.807) is 48.5 Å². The number of anilines is 1. The summed E-state index contributed by atoms with van der Waals surface area (Å²) in [5, 5.41) is 3.11. The molecule has 0 spiro atoms. The second kappa shape index (κ2) is 5.39. The SMILES string of the molecule is O=C1NC(=O)N(c2ccccc2Cl)C1c1ccccc1Cl. The van der Waals surface area contributed by atoms with E-state index in [0.717, 1.165) is 0 Å². The first-order valence-corrected chi connectivity index (χ1v) is 6.98. The van der Waals surface area contributed by atoms with Gasteiger partial charge in [0.15, 0.2) is 0 Å². The molecular formula is C15H10Cl2N2O2. The minimum absolute atomic E-state index is 0.388. The van der Waals surface area contributed by atoms with E-state index < -0.39 is 18.0 Å². The van der Waals surface area contributed by atoms with E-state index in [1.807, 2.05) is 0 Å². The summed E-state index contributed by atoms with van der Waals surface area (Å²) >= 11 is 12.3. The van der Waals surface area contributed by atoms with Crippen LogP contribution in [0.1, 0.15) is 11.6 Å². The van der Waals surface area contributed by atoms with Gasteiger partial charge in [0.25, 0.3) is 5.91 Å². The Labute approximate surface area is 131 Å². The molecule has 2 aromatic carbocycles. The number of benzene rings is 2. The molecular weight excluding hydrogens is 311 g/mol. The zero-order valence-corrected chi connectivity index (χ0v) is 12.2. The van der Waals surface area contributed by atoms with Crippen LogP contribution in [0, 0.1) is 0 Å². The van der Waals surface area contributed by atoms with Crippen molar-refractivity contribution in [3.8, 4) is 0 Å². The topological polar surface area (TPSA) is 49.4 Å². The van der Waals surface area contributed by atoms with Gasteiger partial charge in [-0.1, -0.05) is 53.5 Å². The summed E-state index contributed by atoms with van der Waals surface area (Å²) < 4.78 is 0. The molecule has 3 rings (SSSR count). The van der Waals surface area contributed by atoms with Gasteiger partial charge >= 0.3 is 6.03 Å². The molecule has 0 bridgehead atoms. The van der Waals surface area contributed by atoms with Crippen LogP contribution in [0.15, 0.2) is 48.5 Å². The Morgan fingerprint density at radius 1 is 0.905 bits per heavy atom. The van der Waals surface area contributed by atoms with Gasteiger partial charge in [-0.2, -0.15) is 0 Å². The normalized spacial score (nSPS) is 18.0. The number of nitrogens with one attached hydrogen (secondary N) is 1. The lowest BCUT2D eigenvalue weighted by atomic mass is 10.1. The molecule has 1 N–H and O–H groups in total. The fraction of sp³-hybridized carbons (Fsp3) is 0.0667. The summed E-state index contributed by atoms with van der Waals surface area (Å²) in [6.07, 6.45) is 0. The van der Waals surface area contributed by atoms with Crippen LogP contribution in [0.3, 0.4) is 0 Å². The Balaban J connectivity index is 2.14. The average Bonchev–Trinajstić information content (AvgIpc) is 2.75. The van der Waals surface area contributed by atoms with E-state index in [4.69, 9.17) is 23.2 Å². The number of carbonyl (C=O) groups excluding carboxylic acids is 2. The van der Waals surface area contributed by atoms with Gasteiger partial charge in [-0.15, -0.1) is 0 Å². The van der Waals surface area contributed by atoms with Crippen molar-refractivity contribution in [1.82, 2.24) is 5.32 Å². The van der Waals surface area contributed by atoms with Crippen LogP contribution in [0.25, 0.3) is 0 Å². The van der Waals surface area contributed by atoms with Gasteiger partial charge in [-0.3, -0.25) is 15.0 Å². The quantitative estimate of drug-likeness (QED) is 0.856. The molecule has 4 nitrogen and oxygen atoms in total. The molecule has 106 valence electrons. The molecule has 0 aliphatic carbocycles. The third-order valence-electron chi connectivity index (χ3n) is 3.27. The molecule has 0 saturated carbocycles. The number of urea groups is 1. The van der Waals surface area contributed by atoms with E-state index in [2.05, 4.69) is 5.32 Å². The molecule has 0 radical (unpaired) electrons. The minimum Gasteiger partial charge on any atom is -0.276 e. The molecule has 3 amide bonds. The number of carbonyl (C=O) groups is 2. The molecule has 1 aliphatic rings. The first-order chi connectivity index (χ1) is 10.1. The lowest BCUT2D eigenvalue weighted by molar-refractivity contribution is -0.119. The number of amides is 3. The Morgan fingerprint density at radius 3 is 2.19 bits per heavy atom. The van der Waals surface area contributed by atoms with Crippen LogP contribution < -0.4 is 10.2 Å². The van der Waals surface area contributed by atoms with Crippen LogP contribution in [0.5, 0.6) is 0 Å². The van der Waals surface area contributed by atoms with Crippen LogP contribution in [-0.4, -0.2) is 11.9 Å². The van der Waals surface area contributed by atoms with Crippen molar-refractivity contribution in [2.75, 3.05) is 4.90 Å². The second-order valence-electron chi connectivity index (χ2n) is 4.54. The molecule has 1 saturated heterocycles. The Hall–Kier alpha value is -2.04. The highest BCUT2D eigenvalue weighted by atomic mass is 35.5. The van der Waals surface area contributed by atoms with Gasteiger partial charge in [0.1, 0.15) is 6.04 Å². The maximum absolute atomic E-state index is 12.2. The molecule has 1 unspecified atom stereocenters. The van der Waals surface area contributed by atoms with Crippen molar-refractivity contribution in [2.24, 2.45) is 0 Å². The summed E-state index contributed by atoms with van der Waals surface area (Å²) in [4.78, 5) is 25.6. The van der Waals surface area contributed by atoms with Crippen molar-refractivity contribution >= 4 is 40.8 Å². The van der Waals surface area contributed by atoms with Gasteiger partial charge in [0.05, 0.1) is 10.7 Å². The van der Waals surface area contributed by atoms with Gasteiger partial charge in [-0.05, 0) is 18.2 Å². The van der Waals surface area contributed by atoms with Gasteiger partial charge in [0.2, 0.25) is 0 Å². The fourth-order valence-corrected chi connectivity index (χ4v) is 2.81. The molecule has 6 heteroatoms. The summed E-state index contributed by atoms with van der Waals surface area (Å²) in [6, 6.07) is 12.4. The largest absolute Gasteiger partial charge is 0.329 e. The second-order valence-corrected chi connectivity index (χ2v) is 5.35. The van der Waals surface area contributed by atoms with Crippen LogP contribution in [-0.2, 0) is 4.79 Å². The van der Waals surface area contributed by atoms with E-state index in [1.165, 1.54) is 4.90 Å². The van der Waals surface area contributed by atoms with Crippen LogP contribution in [0.4, 0.5) is 10.5 Å². The average molecular weight is 321 g/mol. The first kappa shape index (κ1) is 13.9. The zero-order valence-electron chi connectivity index (χ0n) is 10.7. The summed E-state index contributed by atoms with van der Waals surface area (Å²) in [6.45, 7) is 0. The molecule has 1 fully saturated rings. The first-order valence-electron chi connectivity index (χ1n) is 6.22. The lowest BCUT2D eigenvalue weighted by Crippen LogP contribution is -2.30. The smallest absolute Gasteiger partial charge is 0.276 e. The predicted molar refractivity (Wildman–Crippen MR) is 81.7 cm³/mol. The van der Waals surface area contributed by atoms with Gasteiger partial charge in [0, 0.05) is 10.6 Å². The monoisotopic (exact) mass is 320 g/mol. The van der Waals surface area contributed by atoms with Crippen molar-refractivity contribution in [1.29, 1.82) is 0 Å². The fourth-order valence-electron chi connectivity index (χ4n) is 2.34. The molecule has 1 atom stereocenters. The van der Waals surface area contributed by atoms with E-state index in [-0.39, 0.29) is 0 Å². The number of para-hydroxylation sites is 1. The zero-order chi connectivity index (χ0) is 15.0. The Kier molecular flexibility index (Phi) is 3.57. The lowest BCUT2D eigenvalue weighted by Gasteiger charge is -2.23. The summed E-state index contributed by atoms with van der Waals surface area (Å²) in [7, 11) is 0. The summed E-state index contributed by atoms with van der Waals surface area (Å²) in [5.41, 5.74) is 1.02. The molecule has 21 heavy (non-hydrogen) atoms. The highest BCUT2D eigenvalue weighted by molar-refractivity contribution is 6.35. The van der Waals surface area contributed by atoms with Crippen LogP contribution in [0.2, 0.25) is 10.0 Å². The van der Waals surface area contributed by atoms with Crippen LogP contribution >= 0.6 is 23.2 Å². The summed E-state index contributed by atoms with van der Waals surface area (Å²) in [5.74, 6) is -0.423. The number of hydrogen-bond donors (Lipinski definition) is 1. The standard InChI is InChI=1S/C15H10Cl2N2O2/c16-10-6-2-1-5-9(10)13-14(20)18-15(21)19(13)12-8-4-3-7-11(12)17/h1-8,13H,(H,18,20,21). The maximum atomic E-state index is 12.2. The van der Waals surface area contributed by atoms with E-state index >= 15 is 0 Å². The molecule has 2 aromatic rings. The number of nitrogens with zero attached hydrogens (tertiary/aromatic N) is 1. The van der Waals surface area contributed by atoms with Crippen molar-refractivity contribution in [3.63, 3.8) is 0 Å². The number of halogens is 2. The number of imide groups is 1. The van der Waals surface area contributed by atoms with Gasteiger partial charge < -0.3 is 0 Å². The van der Waals surface area contributed by atoms with Crippen molar-refractivity contribution in [2.45, 2.75) is 6.04 Å². The third-order valence-corrected chi connectivity index (χ3v) is 3.93. The van der Waals surface area contributed by atoms with Crippen molar-refractivity contribution < 1.29 is 9.59 Å². The Morgan fingerprint density at radius 2 is 1.52 bits per heavy atom. The molecule has 0 aromatic heterocycles. The minimum atomic E-state index is -0.828. The molecule has 1 heterocycles. The molecule has 1 aliphatic heterocycles. The number of rotatable bonds is 2. The Bertz CT molecular complexity index is 672. The number of hydrogen-bond acceptors (Lipinski definition) is 2. The van der Waals surface area contributed by atoms with Crippen molar-refractivity contribution in [3.05, 3.63) is 64.1 Å². The third kappa shape index (κ3) is 2.37. The maximum Gasteiger partial charge on any atom is 0.329 e.